The molecule has 0 spiro atoms. The van der Waals surface area contributed by atoms with Gasteiger partial charge in [-0.2, -0.15) is 5.10 Å². The Hall–Kier alpha value is -2.75. The standard InChI is InChI=1S/C21H14Br2ClN3O4/c22-17-9-14(10-18(23)20(17)31-12-13-5-7-15(24)8-6-13)11-25-26-21(28)16-3-1-2-4-19(16)27(29)30/h1-11H,12H2,(H,26,28)/b25-11-. The molecular weight excluding hydrogens is 554 g/mol. The molecule has 0 radical (unpaired) electrons. The number of nitrogens with one attached hydrogen (secondary N) is 1. The van der Waals surface area contributed by atoms with Crippen molar-refractivity contribution in [3.8, 4) is 5.75 Å². The first kappa shape index (κ1) is 22.9. The Morgan fingerprint density at radius 3 is 2.42 bits per heavy atom. The van der Waals surface area contributed by atoms with Crippen LogP contribution in [-0.4, -0.2) is 17.0 Å². The van der Waals surface area contributed by atoms with Crippen LogP contribution in [0.2, 0.25) is 5.02 Å². The maximum atomic E-state index is 12.2. The molecule has 1 N–H and O–H groups in total. The highest BCUT2D eigenvalue weighted by atomic mass is 79.9. The maximum Gasteiger partial charge on any atom is 0.282 e. The summed E-state index contributed by atoms with van der Waals surface area (Å²) in [7, 11) is 0. The number of rotatable bonds is 7. The second-order valence-electron chi connectivity index (χ2n) is 6.20. The molecule has 1 amide bonds. The Bertz CT molecular complexity index is 1130. The monoisotopic (exact) mass is 565 g/mol. The molecule has 0 aliphatic rings. The Morgan fingerprint density at radius 1 is 1.13 bits per heavy atom. The lowest BCUT2D eigenvalue weighted by molar-refractivity contribution is -0.385. The Labute approximate surface area is 199 Å². The first-order valence-corrected chi connectivity index (χ1v) is 10.7. The molecule has 3 aromatic carbocycles. The molecule has 0 heterocycles. The molecule has 3 aromatic rings. The van der Waals surface area contributed by atoms with E-state index >= 15 is 0 Å². The summed E-state index contributed by atoms with van der Waals surface area (Å²) < 4.78 is 7.24. The van der Waals surface area contributed by atoms with Gasteiger partial charge in [-0.25, -0.2) is 5.43 Å². The molecule has 0 unspecified atom stereocenters. The number of carbonyl (C=O) groups excluding carboxylic acids is 1. The predicted molar refractivity (Wildman–Crippen MR) is 126 cm³/mol. The van der Waals surface area contributed by atoms with Crippen molar-refractivity contribution < 1.29 is 14.5 Å². The van der Waals surface area contributed by atoms with Crippen molar-refractivity contribution in [3.05, 3.63) is 101 Å². The first-order chi connectivity index (χ1) is 14.8. The SMILES string of the molecule is O=C(N/N=C\c1cc(Br)c(OCc2ccc(Cl)cc2)c(Br)c1)c1ccccc1[N+](=O)[O-]. The van der Waals surface area contributed by atoms with Gasteiger partial charge in [0.25, 0.3) is 11.6 Å². The minimum atomic E-state index is -0.676. The van der Waals surface area contributed by atoms with Gasteiger partial charge in [-0.1, -0.05) is 35.9 Å². The lowest BCUT2D eigenvalue weighted by Crippen LogP contribution is -2.18. The second kappa shape index (κ2) is 10.5. The van der Waals surface area contributed by atoms with Gasteiger partial charge in [0.15, 0.2) is 0 Å². The fraction of sp³-hybridized carbons (Fsp3) is 0.0476. The third-order valence-electron chi connectivity index (χ3n) is 4.04. The number of hydrogen-bond acceptors (Lipinski definition) is 5. The van der Waals surface area contributed by atoms with Gasteiger partial charge in [0.2, 0.25) is 0 Å². The molecule has 10 heteroatoms. The lowest BCUT2D eigenvalue weighted by Gasteiger charge is -2.11. The van der Waals surface area contributed by atoms with E-state index < -0.39 is 10.8 Å². The Kier molecular flexibility index (Phi) is 7.78. The summed E-state index contributed by atoms with van der Waals surface area (Å²) in [5, 5.41) is 15.6. The summed E-state index contributed by atoms with van der Waals surface area (Å²) in [5.74, 6) is -0.0688. The number of carbonyl (C=O) groups is 1. The third kappa shape index (κ3) is 6.13. The van der Waals surface area contributed by atoms with Crippen molar-refractivity contribution in [1.82, 2.24) is 5.43 Å². The first-order valence-electron chi connectivity index (χ1n) is 8.78. The molecule has 0 aliphatic carbocycles. The topological polar surface area (TPSA) is 93.8 Å². The number of amides is 1. The lowest BCUT2D eigenvalue weighted by atomic mass is 10.2. The van der Waals surface area contributed by atoms with Crippen LogP contribution in [0.15, 0.2) is 74.7 Å². The van der Waals surface area contributed by atoms with E-state index in [1.807, 2.05) is 12.1 Å². The van der Waals surface area contributed by atoms with Gasteiger partial charge >= 0.3 is 0 Å². The predicted octanol–water partition coefficient (Wildman–Crippen LogP) is 6.12. The highest BCUT2D eigenvalue weighted by Gasteiger charge is 2.18. The fourth-order valence-corrected chi connectivity index (χ4v) is 4.16. The number of nitrogens with zero attached hydrogens (tertiary/aromatic N) is 2. The van der Waals surface area contributed by atoms with Crippen molar-refractivity contribution in [2.75, 3.05) is 0 Å². The molecule has 7 nitrogen and oxygen atoms in total. The average molecular weight is 568 g/mol. The molecule has 31 heavy (non-hydrogen) atoms. The van der Waals surface area contributed by atoms with Crippen LogP contribution in [0.5, 0.6) is 5.75 Å². The largest absolute Gasteiger partial charge is 0.487 e. The van der Waals surface area contributed by atoms with Crippen molar-refractivity contribution in [3.63, 3.8) is 0 Å². The van der Waals surface area contributed by atoms with Gasteiger partial charge in [0.05, 0.1) is 20.1 Å². The summed E-state index contributed by atoms with van der Waals surface area (Å²) >= 11 is 12.8. The van der Waals surface area contributed by atoms with Gasteiger partial charge in [0.1, 0.15) is 17.9 Å². The van der Waals surface area contributed by atoms with Crippen LogP contribution >= 0.6 is 43.5 Å². The molecule has 0 fully saturated rings. The summed E-state index contributed by atoms with van der Waals surface area (Å²) in [5.41, 5.74) is 3.57. The minimum Gasteiger partial charge on any atom is -0.487 e. The van der Waals surface area contributed by atoms with Gasteiger partial charge in [-0.15, -0.1) is 0 Å². The molecule has 0 saturated heterocycles. The molecule has 0 aliphatic heterocycles. The van der Waals surface area contributed by atoms with E-state index in [9.17, 15) is 14.9 Å². The molecular formula is C21H14Br2ClN3O4. The molecule has 0 saturated carbocycles. The number of benzene rings is 3. The normalized spacial score (nSPS) is 10.8. The Morgan fingerprint density at radius 2 is 1.77 bits per heavy atom. The smallest absolute Gasteiger partial charge is 0.282 e. The number of hydrazone groups is 1. The van der Waals surface area contributed by atoms with E-state index in [2.05, 4.69) is 42.4 Å². The summed E-state index contributed by atoms with van der Waals surface area (Å²) in [6, 6.07) is 16.5. The quantitative estimate of drug-likeness (QED) is 0.212. The van der Waals surface area contributed by atoms with E-state index in [4.69, 9.17) is 16.3 Å². The molecule has 0 atom stereocenters. The van der Waals surface area contributed by atoms with Gasteiger partial charge in [0, 0.05) is 11.1 Å². The number of nitro benzene ring substituents is 1. The van der Waals surface area contributed by atoms with Crippen LogP contribution in [0.3, 0.4) is 0 Å². The van der Waals surface area contributed by atoms with Crippen LogP contribution in [0.25, 0.3) is 0 Å². The van der Waals surface area contributed by atoms with Crippen molar-refractivity contribution in [1.29, 1.82) is 0 Å². The Balaban J connectivity index is 1.67. The maximum absolute atomic E-state index is 12.2. The van der Waals surface area contributed by atoms with Gasteiger partial charge in [-0.05, 0) is 73.3 Å². The number of nitro groups is 1. The average Bonchev–Trinajstić information content (AvgIpc) is 2.74. The molecule has 0 bridgehead atoms. The van der Waals surface area contributed by atoms with Crippen molar-refractivity contribution in [2.24, 2.45) is 5.10 Å². The van der Waals surface area contributed by atoms with Crippen molar-refractivity contribution >= 4 is 61.3 Å². The summed E-state index contributed by atoms with van der Waals surface area (Å²) in [4.78, 5) is 22.6. The van der Waals surface area contributed by atoms with Crippen LogP contribution in [-0.2, 0) is 6.61 Å². The van der Waals surface area contributed by atoms with E-state index in [1.54, 1.807) is 30.3 Å². The van der Waals surface area contributed by atoms with Gasteiger partial charge in [-0.3, -0.25) is 14.9 Å². The molecule has 0 aromatic heterocycles. The van der Waals surface area contributed by atoms with Crippen LogP contribution < -0.4 is 10.2 Å². The molecule has 158 valence electrons. The number of para-hydroxylation sites is 1. The van der Waals surface area contributed by atoms with Gasteiger partial charge < -0.3 is 4.74 Å². The second-order valence-corrected chi connectivity index (χ2v) is 8.35. The molecule has 3 rings (SSSR count). The third-order valence-corrected chi connectivity index (χ3v) is 5.47. The zero-order valence-corrected chi connectivity index (χ0v) is 19.6. The van der Waals surface area contributed by atoms with E-state index in [0.29, 0.717) is 31.9 Å². The van der Waals surface area contributed by atoms with E-state index in [-0.39, 0.29) is 11.3 Å². The highest BCUT2D eigenvalue weighted by Crippen LogP contribution is 2.35. The highest BCUT2D eigenvalue weighted by molar-refractivity contribution is 9.11. The summed E-state index contributed by atoms with van der Waals surface area (Å²) in [6.07, 6.45) is 1.42. The number of halogens is 3. The zero-order chi connectivity index (χ0) is 22.4. The van der Waals surface area contributed by atoms with E-state index in [0.717, 1.165) is 5.56 Å². The van der Waals surface area contributed by atoms with E-state index in [1.165, 1.54) is 24.4 Å². The summed E-state index contributed by atoms with van der Waals surface area (Å²) in [6.45, 7) is 0.355. The minimum absolute atomic E-state index is 0.0713. The number of hydrogen-bond donors (Lipinski definition) is 1. The number of ether oxygens (including phenoxy) is 1. The fourth-order valence-electron chi connectivity index (χ4n) is 2.58. The zero-order valence-electron chi connectivity index (χ0n) is 15.7. The van der Waals surface area contributed by atoms with Crippen LogP contribution in [0.4, 0.5) is 5.69 Å². The van der Waals surface area contributed by atoms with Crippen LogP contribution in [0.1, 0.15) is 21.5 Å². The van der Waals surface area contributed by atoms with Crippen molar-refractivity contribution in [2.45, 2.75) is 6.61 Å². The van der Waals surface area contributed by atoms with Crippen LogP contribution in [0, 0.1) is 10.1 Å².